The van der Waals surface area contributed by atoms with Crippen LogP contribution in [0.2, 0.25) is 0 Å². The molecule has 0 aliphatic carbocycles. The van der Waals surface area contributed by atoms with E-state index in [9.17, 15) is 0 Å². The first-order chi connectivity index (χ1) is 13.8. The number of rotatable bonds is 10. The van der Waals surface area contributed by atoms with E-state index in [1.54, 1.807) is 0 Å². The van der Waals surface area contributed by atoms with Gasteiger partial charge < -0.3 is 10.6 Å². The smallest absolute Gasteiger partial charge is 0.170 e. The first-order valence-corrected chi connectivity index (χ1v) is 11.0. The Morgan fingerprint density at radius 3 is 1.93 bits per heavy atom. The van der Waals surface area contributed by atoms with Crippen molar-refractivity contribution in [3.63, 3.8) is 0 Å². The summed E-state index contributed by atoms with van der Waals surface area (Å²) in [5.41, 5.74) is 3.00. The molecule has 0 radical (unpaired) electrons. The lowest BCUT2D eigenvalue weighted by Gasteiger charge is -2.15. The summed E-state index contributed by atoms with van der Waals surface area (Å²) in [6, 6.07) is 16.4. The number of hydrogen-bond acceptors (Lipinski definition) is 2. The van der Waals surface area contributed by atoms with Gasteiger partial charge in [0.15, 0.2) is 5.11 Å². The van der Waals surface area contributed by atoms with Crippen LogP contribution < -0.4 is 10.6 Å². The van der Waals surface area contributed by atoms with Gasteiger partial charge in [-0.1, -0.05) is 88.3 Å². The van der Waals surface area contributed by atoms with Gasteiger partial charge in [-0.15, -0.1) is 0 Å². The van der Waals surface area contributed by atoms with Crippen molar-refractivity contribution in [2.24, 2.45) is 0 Å². The zero-order chi connectivity index (χ0) is 19.6. The molecule has 148 valence electrons. The van der Waals surface area contributed by atoms with Crippen molar-refractivity contribution < 1.29 is 0 Å². The van der Waals surface area contributed by atoms with E-state index in [1.807, 2.05) is 36.4 Å². The maximum Gasteiger partial charge on any atom is 0.170 e. The van der Waals surface area contributed by atoms with Gasteiger partial charge in [0.05, 0.1) is 16.7 Å². The molecule has 0 fully saturated rings. The van der Waals surface area contributed by atoms with Crippen LogP contribution in [0, 0.1) is 0 Å². The highest BCUT2D eigenvalue weighted by molar-refractivity contribution is 7.80. The molecule has 0 atom stereocenters. The van der Waals surface area contributed by atoms with Crippen molar-refractivity contribution >= 4 is 44.8 Å². The summed E-state index contributed by atoms with van der Waals surface area (Å²) in [4.78, 5) is 4.76. The highest BCUT2D eigenvalue weighted by Gasteiger charge is 2.09. The third kappa shape index (κ3) is 5.65. The topological polar surface area (TPSA) is 37.0 Å². The van der Waals surface area contributed by atoms with Gasteiger partial charge in [0, 0.05) is 17.3 Å². The molecular formula is C24H31N3S. The van der Waals surface area contributed by atoms with Crippen molar-refractivity contribution in [3.8, 4) is 0 Å². The predicted molar refractivity (Wildman–Crippen MR) is 126 cm³/mol. The SMILES string of the molecule is CCCCCCCCCCNC(=S)Nc1c2ccccc2nc2ccccc12. The molecule has 0 unspecified atom stereocenters. The molecule has 0 saturated carbocycles. The van der Waals surface area contributed by atoms with Gasteiger partial charge in [-0.2, -0.15) is 0 Å². The van der Waals surface area contributed by atoms with E-state index in [0.29, 0.717) is 5.11 Å². The second-order valence-electron chi connectivity index (χ2n) is 7.38. The van der Waals surface area contributed by atoms with Crippen LogP contribution >= 0.6 is 12.2 Å². The van der Waals surface area contributed by atoms with E-state index >= 15 is 0 Å². The fourth-order valence-corrected chi connectivity index (χ4v) is 3.80. The standard InChI is InChI=1S/C24H31N3S/c1-2-3-4-5-6-7-8-13-18-25-24(28)27-23-19-14-9-11-16-21(19)26-22-17-12-10-15-20(22)23/h9-12,14-17H,2-8,13,18H2,1H3,(H2,25,26,27,28). The Balaban J connectivity index is 1.53. The third-order valence-electron chi connectivity index (χ3n) is 5.14. The molecule has 3 nitrogen and oxygen atoms in total. The predicted octanol–water partition coefficient (Wildman–Crippen LogP) is 6.82. The number of nitrogens with zero attached hydrogens (tertiary/aromatic N) is 1. The van der Waals surface area contributed by atoms with E-state index in [4.69, 9.17) is 17.2 Å². The number of nitrogens with one attached hydrogen (secondary N) is 2. The van der Waals surface area contributed by atoms with E-state index in [0.717, 1.165) is 40.5 Å². The van der Waals surface area contributed by atoms with Crippen molar-refractivity contribution in [1.29, 1.82) is 0 Å². The Labute approximate surface area is 173 Å². The number of anilines is 1. The Morgan fingerprint density at radius 2 is 1.32 bits per heavy atom. The number of pyridine rings is 1. The third-order valence-corrected chi connectivity index (χ3v) is 5.39. The fraction of sp³-hybridized carbons (Fsp3) is 0.417. The first kappa shape index (κ1) is 20.5. The normalized spacial score (nSPS) is 11.0. The average molecular weight is 394 g/mol. The highest BCUT2D eigenvalue weighted by Crippen LogP contribution is 2.30. The molecule has 0 spiro atoms. The zero-order valence-corrected chi connectivity index (χ0v) is 17.7. The lowest BCUT2D eigenvalue weighted by Crippen LogP contribution is -2.29. The van der Waals surface area contributed by atoms with E-state index in [-0.39, 0.29) is 0 Å². The summed E-state index contributed by atoms with van der Waals surface area (Å²) in [7, 11) is 0. The molecule has 0 amide bonds. The molecule has 0 bridgehead atoms. The molecule has 1 aromatic heterocycles. The zero-order valence-electron chi connectivity index (χ0n) is 16.8. The van der Waals surface area contributed by atoms with Crippen molar-refractivity contribution in [1.82, 2.24) is 10.3 Å². The Hall–Kier alpha value is -2.20. The van der Waals surface area contributed by atoms with E-state index in [2.05, 4.69) is 29.7 Å². The highest BCUT2D eigenvalue weighted by atomic mass is 32.1. The second kappa shape index (κ2) is 11.0. The number of hydrogen-bond donors (Lipinski definition) is 2. The van der Waals surface area contributed by atoms with Gasteiger partial charge in [0.2, 0.25) is 0 Å². The summed E-state index contributed by atoms with van der Waals surface area (Å²) in [6.45, 7) is 3.18. The molecule has 3 aromatic rings. The van der Waals surface area contributed by atoms with Gasteiger partial charge >= 0.3 is 0 Å². The quantitative estimate of drug-likeness (QED) is 0.225. The number of fused-ring (bicyclic) bond motifs is 2. The van der Waals surface area contributed by atoms with Gasteiger partial charge in [0.1, 0.15) is 0 Å². The Bertz CT molecular complexity index is 853. The second-order valence-corrected chi connectivity index (χ2v) is 7.79. The van der Waals surface area contributed by atoms with Crippen molar-refractivity contribution in [3.05, 3.63) is 48.5 Å². The summed E-state index contributed by atoms with van der Waals surface area (Å²) in [5.74, 6) is 0. The Kier molecular flexibility index (Phi) is 8.04. The van der Waals surface area contributed by atoms with Crippen molar-refractivity contribution in [2.45, 2.75) is 58.3 Å². The maximum absolute atomic E-state index is 5.57. The summed E-state index contributed by atoms with van der Waals surface area (Å²) >= 11 is 5.57. The largest absolute Gasteiger partial charge is 0.362 e. The van der Waals surface area contributed by atoms with Gasteiger partial charge in [-0.05, 0) is 30.8 Å². The fourth-order valence-electron chi connectivity index (χ4n) is 3.59. The molecule has 0 aliphatic heterocycles. The van der Waals surface area contributed by atoms with E-state index in [1.165, 1.54) is 44.9 Å². The van der Waals surface area contributed by atoms with E-state index < -0.39 is 0 Å². The van der Waals surface area contributed by atoms with Crippen LogP contribution in [-0.4, -0.2) is 16.6 Å². The van der Waals surface area contributed by atoms with Gasteiger partial charge in [-0.3, -0.25) is 0 Å². The lowest BCUT2D eigenvalue weighted by molar-refractivity contribution is 0.573. The number of benzene rings is 2. The summed E-state index contributed by atoms with van der Waals surface area (Å²) in [6.07, 6.45) is 10.6. The van der Waals surface area contributed by atoms with Gasteiger partial charge in [-0.25, -0.2) is 4.98 Å². The minimum atomic E-state index is 0.685. The molecular weight excluding hydrogens is 362 g/mol. The van der Waals surface area contributed by atoms with Crippen LogP contribution in [0.15, 0.2) is 48.5 Å². The lowest BCUT2D eigenvalue weighted by atomic mass is 10.1. The number of unbranched alkanes of at least 4 members (excludes halogenated alkanes) is 7. The van der Waals surface area contributed by atoms with Crippen LogP contribution in [0.5, 0.6) is 0 Å². The average Bonchev–Trinajstić information content (AvgIpc) is 2.72. The minimum absolute atomic E-state index is 0.685. The molecule has 2 aromatic carbocycles. The Morgan fingerprint density at radius 1 is 0.786 bits per heavy atom. The molecule has 1 heterocycles. The minimum Gasteiger partial charge on any atom is -0.362 e. The van der Waals surface area contributed by atoms with Crippen LogP contribution in [0.1, 0.15) is 58.3 Å². The van der Waals surface area contributed by atoms with Crippen LogP contribution in [-0.2, 0) is 0 Å². The summed E-state index contributed by atoms with van der Waals surface area (Å²) in [5, 5.41) is 9.68. The van der Waals surface area contributed by atoms with Crippen LogP contribution in [0.25, 0.3) is 21.8 Å². The molecule has 3 rings (SSSR count). The monoisotopic (exact) mass is 393 g/mol. The number of para-hydroxylation sites is 2. The molecule has 0 aliphatic rings. The number of aromatic nitrogens is 1. The number of thiocarbonyl (C=S) groups is 1. The molecule has 28 heavy (non-hydrogen) atoms. The molecule has 4 heteroatoms. The van der Waals surface area contributed by atoms with Crippen LogP contribution in [0.3, 0.4) is 0 Å². The summed E-state index contributed by atoms with van der Waals surface area (Å²) < 4.78 is 0. The first-order valence-electron chi connectivity index (χ1n) is 10.6. The van der Waals surface area contributed by atoms with Crippen molar-refractivity contribution in [2.75, 3.05) is 11.9 Å². The van der Waals surface area contributed by atoms with Gasteiger partial charge in [0.25, 0.3) is 0 Å². The van der Waals surface area contributed by atoms with Crippen LogP contribution in [0.4, 0.5) is 5.69 Å². The molecule has 0 saturated heterocycles. The molecule has 2 N–H and O–H groups in total. The maximum atomic E-state index is 5.57.